The Morgan fingerprint density at radius 1 is 1.05 bits per heavy atom. The van der Waals surface area contributed by atoms with Crippen LogP contribution in [0, 0.1) is 6.92 Å². The van der Waals surface area contributed by atoms with Crippen LogP contribution in [0.25, 0.3) is 0 Å². The average Bonchev–Trinajstić information content (AvgIpc) is 2.47. The second kappa shape index (κ2) is 6.96. The van der Waals surface area contributed by atoms with Crippen molar-refractivity contribution in [3.63, 3.8) is 0 Å². The summed E-state index contributed by atoms with van der Waals surface area (Å²) in [6, 6.07) is 15.3. The van der Waals surface area contributed by atoms with E-state index in [2.05, 4.69) is 0 Å². The third kappa shape index (κ3) is 4.00. The maximum Gasteiger partial charge on any atom is 0.119 e. The van der Waals surface area contributed by atoms with E-state index in [1.54, 1.807) is 7.11 Å². The van der Waals surface area contributed by atoms with Crippen LogP contribution in [0.1, 0.15) is 23.7 Å². The van der Waals surface area contributed by atoms with Crippen LogP contribution >= 0.6 is 0 Å². The number of aliphatic hydroxyl groups excluding tert-OH is 1. The van der Waals surface area contributed by atoms with Crippen LogP contribution in [0.5, 0.6) is 11.5 Å². The van der Waals surface area contributed by atoms with Gasteiger partial charge in [-0.15, -0.1) is 0 Å². The van der Waals surface area contributed by atoms with E-state index < -0.39 is 6.10 Å². The van der Waals surface area contributed by atoms with Crippen LogP contribution in [0.3, 0.4) is 0 Å². The largest absolute Gasteiger partial charge is 0.497 e. The highest BCUT2D eigenvalue weighted by atomic mass is 16.5. The molecule has 0 heterocycles. The topological polar surface area (TPSA) is 38.7 Å². The summed E-state index contributed by atoms with van der Waals surface area (Å²) in [4.78, 5) is 0. The minimum absolute atomic E-state index is 0.483. The first-order valence-corrected chi connectivity index (χ1v) is 6.70. The van der Waals surface area contributed by atoms with Gasteiger partial charge in [0.2, 0.25) is 0 Å². The van der Waals surface area contributed by atoms with Crippen molar-refractivity contribution in [2.45, 2.75) is 19.4 Å². The summed E-state index contributed by atoms with van der Waals surface area (Å²) in [5.41, 5.74) is 2.04. The lowest BCUT2D eigenvalue weighted by molar-refractivity contribution is 0.140. The molecule has 1 atom stereocenters. The quantitative estimate of drug-likeness (QED) is 0.874. The zero-order valence-electron chi connectivity index (χ0n) is 11.9. The second-order valence-electron chi connectivity index (χ2n) is 4.74. The van der Waals surface area contributed by atoms with Crippen molar-refractivity contribution in [2.24, 2.45) is 0 Å². The average molecular weight is 272 g/mol. The molecule has 0 radical (unpaired) electrons. The molecule has 1 N–H and O–H groups in total. The summed E-state index contributed by atoms with van der Waals surface area (Å²) in [5, 5.41) is 10.1. The molecule has 3 heteroatoms. The zero-order valence-corrected chi connectivity index (χ0v) is 11.9. The molecule has 3 nitrogen and oxygen atoms in total. The van der Waals surface area contributed by atoms with Crippen molar-refractivity contribution in [1.82, 2.24) is 0 Å². The first-order chi connectivity index (χ1) is 9.69. The summed E-state index contributed by atoms with van der Waals surface area (Å²) >= 11 is 0. The zero-order chi connectivity index (χ0) is 14.4. The highest BCUT2D eigenvalue weighted by molar-refractivity contribution is 5.29. The molecule has 0 aliphatic heterocycles. The van der Waals surface area contributed by atoms with E-state index in [0.29, 0.717) is 13.0 Å². The third-order valence-electron chi connectivity index (χ3n) is 3.15. The van der Waals surface area contributed by atoms with Crippen molar-refractivity contribution in [1.29, 1.82) is 0 Å². The molecular formula is C17H20O3. The lowest BCUT2D eigenvalue weighted by atomic mass is 10.1. The molecule has 0 saturated heterocycles. The predicted molar refractivity (Wildman–Crippen MR) is 79.2 cm³/mol. The van der Waals surface area contributed by atoms with E-state index >= 15 is 0 Å². The Morgan fingerprint density at radius 2 is 1.80 bits per heavy atom. The molecule has 2 aromatic rings. The van der Waals surface area contributed by atoms with E-state index in [4.69, 9.17) is 9.47 Å². The molecule has 2 rings (SSSR count). The van der Waals surface area contributed by atoms with Gasteiger partial charge in [0.05, 0.1) is 19.8 Å². The van der Waals surface area contributed by atoms with Gasteiger partial charge >= 0.3 is 0 Å². The molecule has 2 aromatic carbocycles. The minimum atomic E-state index is -0.522. The number of benzene rings is 2. The van der Waals surface area contributed by atoms with E-state index in [-0.39, 0.29) is 0 Å². The van der Waals surface area contributed by atoms with Crippen LogP contribution in [0.4, 0.5) is 0 Å². The second-order valence-corrected chi connectivity index (χ2v) is 4.74. The SMILES string of the molecule is COc1ccc(C(O)CCOc2cccc(C)c2)cc1. The van der Waals surface area contributed by atoms with Crippen LogP contribution in [0.2, 0.25) is 0 Å². The van der Waals surface area contributed by atoms with Gasteiger partial charge in [-0.2, -0.15) is 0 Å². The fourth-order valence-corrected chi connectivity index (χ4v) is 1.99. The molecular weight excluding hydrogens is 252 g/mol. The lowest BCUT2D eigenvalue weighted by Crippen LogP contribution is -2.05. The maximum absolute atomic E-state index is 10.1. The molecule has 0 bridgehead atoms. The molecule has 20 heavy (non-hydrogen) atoms. The van der Waals surface area contributed by atoms with E-state index in [1.807, 2.05) is 55.5 Å². The van der Waals surface area contributed by atoms with Crippen LogP contribution < -0.4 is 9.47 Å². The number of methoxy groups -OCH3 is 1. The fourth-order valence-electron chi connectivity index (χ4n) is 1.99. The standard InChI is InChI=1S/C17H20O3/c1-13-4-3-5-16(12-13)20-11-10-17(18)14-6-8-15(19-2)9-7-14/h3-9,12,17-18H,10-11H2,1-2H3. The highest BCUT2D eigenvalue weighted by Crippen LogP contribution is 2.21. The van der Waals surface area contributed by atoms with Crippen molar-refractivity contribution >= 4 is 0 Å². The summed E-state index contributed by atoms with van der Waals surface area (Å²) < 4.78 is 10.7. The molecule has 0 aromatic heterocycles. The molecule has 1 unspecified atom stereocenters. The first kappa shape index (κ1) is 14.4. The molecule has 0 aliphatic rings. The number of hydrogen-bond donors (Lipinski definition) is 1. The van der Waals surface area contributed by atoms with Crippen molar-refractivity contribution in [3.05, 3.63) is 59.7 Å². The Hall–Kier alpha value is -2.00. The predicted octanol–water partition coefficient (Wildman–Crippen LogP) is 3.51. The minimum Gasteiger partial charge on any atom is -0.497 e. The Balaban J connectivity index is 1.83. The monoisotopic (exact) mass is 272 g/mol. The number of aryl methyl sites for hydroxylation is 1. The first-order valence-electron chi connectivity index (χ1n) is 6.70. The van der Waals surface area contributed by atoms with Gasteiger partial charge in [-0.05, 0) is 42.3 Å². The Labute approximate surface area is 119 Å². The Morgan fingerprint density at radius 3 is 2.45 bits per heavy atom. The van der Waals surface area contributed by atoms with Crippen LogP contribution in [0.15, 0.2) is 48.5 Å². The molecule has 0 fully saturated rings. The van der Waals surface area contributed by atoms with Crippen molar-refractivity contribution in [2.75, 3.05) is 13.7 Å². The van der Waals surface area contributed by atoms with Crippen LogP contribution in [-0.4, -0.2) is 18.8 Å². The van der Waals surface area contributed by atoms with Gasteiger partial charge in [-0.3, -0.25) is 0 Å². The molecule has 0 aliphatic carbocycles. The number of rotatable bonds is 6. The maximum atomic E-state index is 10.1. The van der Waals surface area contributed by atoms with Crippen LogP contribution in [-0.2, 0) is 0 Å². The molecule has 0 saturated carbocycles. The molecule has 106 valence electrons. The summed E-state index contributed by atoms with van der Waals surface area (Å²) in [5.74, 6) is 1.63. The van der Waals surface area contributed by atoms with E-state index in [1.165, 1.54) is 5.56 Å². The normalized spacial score (nSPS) is 11.9. The smallest absolute Gasteiger partial charge is 0.119 e. The molecule has 0 amide bonds. The Bertz CT molecular complexity index is 534. The number of hydrogen-bond acceptors (Lipinski definition) is 3. The lowest BCUT2D eigenvalue weighted by Gasteiger charge is -2.12. The van der Waals surface area contributed by atoms with Crippen molar-refractivity contribution < 1.29 is 14.6 Å². The summed E-state index contributed by atoms with van der Waals surface area (Å²) in [7, 11) is 1.63. The highest BCUT2D eigenvalue weighted by Gasteiger charge is 2.08. The van der Waals surface area contributed by atoms with Gasteiger partial charge in [0.1, 0.15) is 11.5 Å². The van der Waals surface area contributed by atoms with Gasteiger partial charge < -0.3 is 14.6 Å². The number of aliphatic hydroxyl groups is 1. The van der Waals surface area contributed by atoms with Gasteiger partial charge in [-0.1, -0.05) is 24.3 Å². The van der Waals surface area contributed by atoms with Gasteiger partial charge in [0, 0.05) is 6.42 Å². The van der Waals surface area contributed by atoms with Gasteiger partial charge in [0.25, 0.3) is 0 Å². The summed E-state index contributed by atoms with van der Waals surface area (Å²) in [6.45, 7) is 2.51. The third-order valence-corrected chi connectivity index (χ3v) is 3.15. The summed E-state index contributed by atoms with van der Waals surface area (Å²) in [6.07, 6.45) is 0.0333. The van der Waals surface area contributed by atoms with Gasteiger partial charge in [0.15, 0.2) is 0 Å². The fraction of sp³-hybridized carbons (Fsp3) is 0.294. The molecule has 0 spiro atoms. The van der Waals surface area contributed by atoms with E-state index in [9.17, 15) is 5.11 Å². The Kier molecular flexibility index (Phi) is 5.02. The van der Waals surface area contributed by atoms with Crippen molar-refractivity contribution in [3.8, 4) is 11.5 Å². The van der Waals surface area contributed by atoms with Gasteiger partial charge in [-0.25, -0.2) is 0 Å². The number of ether oxygens (including phenoxy) is 2. The van der Waals surface area contributed by atoms with E-state index in [0.717, 1.165) is 17.1 Å².